The van der Waals surface area contributed by atoms with E-state index in [1.807, 2.05) is 6.92 Å². The van der Waals surface area contributed by atoms with Crippen LogP contribution in [0.5, 0.6) is 0 Å². The van der Waals surface area contributed by atoms with Crippen LogP contribution in [0, 0.1) is 12.7 Å². The van der Waals surface area contributed by atoms with Gasteiger partial charge in [-0.1, -0.05) is 11.6 Å². The van der Waals surface area contributed by atoms with E-state index in [4.69, 9.17) is 11.6 Å². The molecule has 0 aliphatic heterocycles. The summed E-state index contributed by atoms with van der Waals surface area (Å²) < 4.78 is 14.4. The van der Waals surface area contributed by atoms with Crippen molar-refractivity contribution >= 4 is 34.6 Å². The first-order valence-electron chi connectivity index (χ1n) is 7.62. The number of nitrogens with one attached hydrogen (secondary N) is 2. The summed E-state index contributed by atoms with van der Waals surface area (Å²) >= 11 is 6.02. The van der Waals surface area contributed by atoms with Crippen molar-refractivity contribution in [2.45, 2.75) is 13.8 Å². The number of hydrogen-bond donors (Lipinski definition) is 2. The maximum absolute atomic E-state index is 14.4. The van der Waals surface area contributed by atoms with Gasteiger partial charge in [0.05, 0.1) is 11.9 Å². The molecule has 3 aromatic rings. The zero-order valence-electron chi connectivity index (χ0n) is 13.6. The molecule has 0 radical (unpaired) electrons. The summed E-state index contributed by atoms with van der Waals surface area (Å²) in [5.74, 6) is -0.0812. The van der Waals surface area contributed by atoms with Crippen LogP contribution < -0.4 is 10.6 Å². The second-order valence-corrected chi connectivity index (χ2v) is 5.80. The highest BCUT2D eigenvalue weighted by Gasteiger charge is 2.13. The number of urea groups is 1. The van der Waals surface area contributed by atoms with Crippen molar-refractivity contribution in [3.8, 4) is 11.3 Å². The average molecular weight is 360 g/mol. The highest BCUT2D eigenvalue weighted by atomic mass is 35.5. The molecule has 1 aromatic carbocycles. The van der Waals surface area contributed by atoms with E-state index in [9.17, 15) is 9.18 Å². The smallest absolute Gasteiger partial charge is 0.320 e. The molecular formula is C17H15ClFN5O. The number of hydrogen-bond acceptors (Lipinski definition) is 4. The molecule has 0 saturated carbocycles. The fourth-order valence-electron chi connectivity index (χ4n) is 2.33. The molecule has 0 fully saturated rings. The zero-order chi connectivity index (χ0) is 18.0. The van der Waals surface area contributed by atoms with Crippen molar-refractivity contribution in [2.75, 3.05) is 11.9 Å². The fourth-order valence-corrected chi connectivity index (χ4v) is 2.60. The number of benzene rings is 1. The van der Waals surface area contributed by atoms with E-state index >= 15 is 0 Å². The molecule has 3 rings (SSSR count). The number of pyridine rings is 1. The maximum Gasteiger partial charge on any atom is 0.320 e. The van der Waals surface area contributed by atoms with Gasteiger partial charge in [0.2, 0.25) is 0 Å². The topological polar surface area (TPSA) is 79.8 Å². The summed E-state index contributed by atoms with van der Waals surface area (Å²) in [6.07, 6.45) is 1.47. The van der Waals surface area contributed by atoms with Gasteiger partial charge in [-0.2, -0.15) is 0 Å². The Morgan fingerprint density at radius 2 is 2.08 bits per heavy atom. The molecule has 6 nitrogen and oxygen atoms in total. The maximum atomic E-state index is 14.4. The first-order valence-corrected chi connectivity index (χ1v) is 8.00. The number of anilines is 1. The molecule has 8 heteroatoms. The van der Waals surface area contributed by atoms with Crippen LogP contribution in [-0.2, 0) is 0 Å². The summed E-state index contributed by atoms with van der Waals surface area (Å²) in [6, 6.07) is 5.98. The van der Waals surface area contributed by atoms with Gasteiger partial charge in [-0.05, 0) is 43.7 Å². The molecule has 128 valence electrons. The molecule has 0 saturated heterocycles. The third kappa shape index (κ3) is 3.66. The number of fused-ring (bicyclic) bond motifs is 1. The quantitative estimate of drug-likeness (QED) is 0.742. The standard InChI is InChI=1S/C17H15ClFN5O/c1-3-20-17(25)24-14-5-4-12-16(23-14)22-13(8-21-12)11-7-10(18)6-9(2)15(11)19/h4-8H,3H2,1-2H3,(H2,20,22,23,24,25). The molecule has 2 amide bonds. The molecule has 0 bridgehead atoms. The Labute approximate surface area is 148 Å². The van der Waals surface area contributed by atoms with E-state index in [-0.39, 0.29) is 11.6 Å². The lowest BCUT2D eigenvalue weighted by atomic mass is 10.1. The van der Waals surface area contributed by atoms with Gasteiger partial charge < -0.3 is 5.32 Å². The van der Waals surface area contributed by atoms with Gasteiger partial charge >= 0.3 is 6.03 Å². The van der Waals surface area contributed by atoms with Crippen LogP contribution in [-0.4, -0.2) is 27.5 Å². The van der Waals surface area contributed by atoms with E-state index in [1.165, 1.54) is 12.3 Å². The molecule has 2 heterocycles. The van der Waals surface area contributed by atoms with Crippen molar-refractivity contribution in [3.05, 3.63) is 46.9 Å². The minimum atomic E-state index is -0.408. The Hall–Kier alpha value is -2.80. The minimum Gasteiger partial charge on any atom is -0.338 e. The van der Waals surface area contributed by atoms with Gasteiger partial charge in [0, 0.05) is 17.1 Å². The van der Waals surface area contributed by atoms with Crippen molar-refractivity contribution in [3.63, 3.8) is 0 Å². The predicted molar refractivity (Wildman–Crippen MR) is 95.2 cm³/mol. The predicted octanol–water partition coefficient (Wildman–Crippen LogP) is 3.93. The van der Waals surface area contributed by atoms with E-state index < -0.39 is 5.82 Å². The molecule has 0 aliphatic carbocycles. The Bertz CT molecular complexity index is 963. The van der Waals surface area contributed by atoms with Crippen molar-refractivity contribution in [1.29, 1.82) is 0 Å². The molecule has 0 aliphatic rings. The number of halogens is 2. The Morgan fingerprint density at radius 1 is 1.28 bits per heavy atom. The van der Waals surface area contributed by atoms with E-state index in [2.05, 4.69) is 25.6 Å². The second-order valence-electron chi connectivity index (χ2n) is 5.36. The molecule has 2 aromatic heterocycles. The lowest BCUT2D eigenvalue weighted by Gasteiger charge is -2.08. The number of amides is 2. The van der Waals surface area contributed by atoms with Gasteiger partial charge in [0.15, 0.2) is 5.65 Å². The SMILES string of the molecule is CCNC(=O)Nc1ccc2ncc(-c3cc(Cl)cc(C)c3F)nc2n1. The number of aromatic nitrogens is 3. The van der Waals surface area contributed by atoms with E-state index in [0.717, 1.165) is 0 Å². The molecule has 2 N–H and O–H groups in total. The molecule has 0 spiro atoms. The van der Waals surface area contributed by atoms with Gasteiger partial charge in [-0.15, -0.1) is 0 Å². The largest absolute Gasteiger partial charge is 0.338 e. The lowest BCUT2D eigenvalue weighted by molar-refractivity contribution is 0.252. The third-order valence-corrected chi connectivity index (χ3v) is 3.70. The van der Waals surface area contributed by atoms with E-state index in [0.29, 0.717) is 39.8 Å². The average Bonchev–Trinajstić information content (AvgIpc) is 2.57. The summed E-state index contributed by atoms with van der Waals surface area (Å²) in [4.78, 5) is 24.5. The number of rotatable bonds is 3. The van der Waals surface area contributed by atoms with Crippen LogP contribution in [0.15, 0.2) is 30.5 Å². The monoisotopic (exact) mass is 359 g/mol. The first kappa shape index (κ1) is 17.0. The summed E-state index contributed by atoms with van der Waals surface area (Å²) in [5, 5.41) is 5.62. The van der Waals surface area contributed by atoms with Gasteiger partial charge in [0.25, 0.3) is 0 Å². The van der Waals surface area contributed by atoms with E-state index in [1.54, 1.807) is 25.1 Å². The third-order valence-electron chi connectivity index (χ3n) is 3.48. The summed E-state index contributed by atoms with van der Waals surface area (Å²) in [5.41, 5.74) is 1.82. The Morgan fingerprint density at radius 3 is 2.84 bits per heavy atom. The minimum absolute atomic E-state index is 0.253. The van der Waals surface area contributed by atoms with Crippen LogP contribution in [0.25, 0.3) is 22.4 Å². The van der Waals surface area contributed by atoms with Crippen LogP contribution in [0.4, 0.5) is 15.0 Å². The van der Waals surface area contributed by atoms with Gasteiger partial charge in [-0.25, -0.2) is 19.2 Å². The summed E-state index contributed by atoms with van der Waals surface area (Å²) in [6.45, 7) is 3.94. The highest BCUT2D eigenvalue weighted by molar-refractivity contribution is 6.31. The molecule has 0 atom stereocenters. The number of carbonyl (C=O) groups is 1. The van der Waals surface area contributed by atoms with Crippen molar-refractivity contribution in [1.82, 2.24) is 20.3 Å². The Balaban J connectivity index is 2.03. The number of aryl methyl sites for hydroxylation is 1. The van der Waals surface area contributed by atoms with Gasteiger partial charge in [-0.3, -0.25) is 10.3 Å². The normalized spacial score (nSPS) is 10.7. The van der Waals surface area contributed by atoms with Crippen molar-refractivity contribution < 1.29 is 9.18 Å². The van der Waals surface area contributed by atoms with Crippen LogP contribution >= 0.6 is 11.6 Å². The van der Waals surface area contributed by atoms with Crippen LogP contribution in [0.3, 0.4) is 0 Å². The lowest BCUT2D eigenvalue weighted by Crippen LogP contribution is -2.28. The Kier molecular flexibility index (Phi) is 4.76. The van der Waals surface area contributed by atoms with Gasteiger partial charge in [0.1, 0.15) is 17.2 Å². The van der Waals surface area contributed by atoms with Crippen LogP contribution in [0.2, 0.25) is 5.02 Å². The summed E-state index contributed by atoms with van der Waals surface area (Å²) in [7, 11) is 0. The highest BCUT2D eigenvalue weighted by Crippen LogP contribution is 2.27. The second kappa shape index (κ2) is 6.98. The number of carbonyl (C=O) groups excluding carboxylic acids is 1. The first-order chi connectivity index (χ1) is 12.0. The van der Waals surface area contributed by atoms with Crippen LogP contribution in [0.1, 0.15) is 12.5 Å². The fraction of sp³-hybridized carbons (Fsp3) is 0.176. The zero-order valence-corrected chi connectivity index (χ0v) is 14.4. The van der Waals surface area contributed by atoms with Crippen molar-refractivity contribution in [2.24, 2.45) is 0 Å². The molecule has 25 heavy (non-hydrogen) atoms. The molecular weight excluding hydrogens is 345 g/mol. The molecule has 0 unspecified atom stereocenters. The number of nitrogens with zero attached hydrogens (tertiary/aromatic N) is 3.